The SMILES string of the molecule is BrBr.C.C.CC(C)(C)OC(=O)N1CCC(=O)CC1.CCI.CCn1cc2ccccc2n1.CCn1nc2c(c1C1CCN(C(=O)OC(C)(C)C)CC1)CCCC2.CCn1nc2ccccc2c1Br.CCn1nc2ccccc2c1C1(O)CCN(C(=O)OC(C)(C)C)CC1.CCn1nc2ccccc2c1C1=CCN(C(=O)OC(C)(C)C)CC1.CCn1nc2ccccc2c1C1CCNCC1.CO.c1ccc2[nH]ncc2c1. The second kappa shape index (κ2) is 58.6. The van der Waals surface area contributed by atoms with Gasteiger partial charge in [0.2, 0.25) is 0 Å². The summed E-state index contributed by atoms with van der Waals surface area (Å²) in [5.41, 5.74) is 12.5. The minimum absolute atomic E-state index is 0. The fourth-order valence-corrected chi connectivity index (χ4v) is 18.6. The number of likely N-dealkylation sites (tertiary alicyclic amines) is 3. The van der Waals surface area contributed by atoms with Crippen LogP contribution >= 0.6 is 66.8 Å². The maximum atomic E-state index is 12.3. The van der Waals surface area contributed by atoms with E-state index in [1.807, 2.05) is 218 Å². The highest BCUT2D eigenvalue weighted by atomic mass is 127. The number of rotatable bonds is 10. The lowest BCUT2D eigenvalue weighted by Gasteiger charge is -2.39. The summed E-state index contributed by atoms with van der Waals surface area (Å²) in [6.07, 6.45) is 17.0. The van der Waals surface area contributed by atoms with E-state index >= 15 is 0 Å². The number of carbonyl (C=O) groups excluding carboxylic acids is 5. The molecule has 30 nitrogen and oxygen atoms in total. The summed E-state index contributed by atoms with van der Waals surface area (Å²) in [5, 5.41) is 63.2. The number of hydrogen-bond acceptors (Lipinski definition) is 19. The number of ketones is 1. The van der Waals surface area contributed by atoms with Gasteiger partial charge in [0.05, 0.1) is 56.4 Å². The van der Waals surface area contributed by atoms with E-state index in [-0.39, 0.29) is 45.0 Å². The van der Waals surface area contributed by atoms with Crippen LogP contribution in [0, 0.1) is 0 Å². The number of fused-ring (bicyclic) bond motifs is 7. The van der Waals surface area contributed by atoms with E-state index in [9.17, 15) is 29.1 Å². The van der Waals surface area contributed by atoms with Crippen molar-refractivity contribution in [3.8, 4) is 0 Å². The Hall–Kier alpha value is -10.1. The minimum atomic E-state index is -0.982. The molecule has 794 valence electrons. The summed E-state index contributed by atoms with van der Waals surface area (Å²) < 4.78 is 36.1. The molecule has 0 bridgehead atoms. The molecule has 13 aromatic rings. The standard InChI is InChI=1S/C19H27N3O3.C19H31N3O2.C19H25N3O2.C14H19N3.C10H17NO3.C9H9BrN2.C9H10N2.C7H6N2.C2H5I.CH4O.2CH4.Br2/c1-5-22-16(14-8-6-7-9-15(14)20-22)19(24)10-12-21(13-11-19)17(23)25-18(2,3)4;2*1-5-22-17(15-8-6-7-9-16(15)20-22)14-10-12-21(13-11-14)18(23)24-19(2,3)4;1-2-17-14(11-7-9-15-10-8-11)12-5-3-4-6-13(12)16-17;1-10(2,3)14-9(13)11-6-4-8(12)5-7-11;1-2-12-9(10)7-5-3-4-6-8(7)11-12;1-2-11-7-8-5-3-4-6-9(8)10-11;1-2-4-7-6(3-1)5-8-9-7;1-2-3;1-2;;;1-2/h6-9,24H,5,10-13H2,1-4H3;14H,5-13H2,1-4H3;6-10H,5,11-13H2,1-4H3;3-6,11,15H,2,7-10H2,1H3;4-7H2,1-3H3;3-6H,2H2,1H3;3-7H,2H2,1H3;1-5H,(H,8,9);2H2,1H3;2H,1H3;2*1H4;. The first-order valence-electron chi connectivity index (χ1n) is 50.5. The summed E-state index contributed by atoms with van der Waals surface area (Å²) in [6.45, 7) is 49.5. The van der Waals surface area contributed by atoms with E-state index in [0.29, 0.717) is 83.3 Å². The third-order valence-corrected chi connectivity index (χ3v) is 25.4. The van der Waals surface area contributed by atoms with Crippen molar-refractivity contribution in [1.82, 2.24) is 93.8 Å². The molecule has 0 saturated carbocycles. The van der Waals surface area contributed by atoms with Gasteiger partial charge in [0.1, 0.15) is 38.4 Å². The Balaban J connectivity index is 0.000000226. The van der Waals surface area contributed by atoms with E-state index in [1.54, 1.807) is 14.7 Å². The summed E-state index contributed by atoms with van der Waals surface area (Å²) in [4.78, 5) is 66.0. The Morgan fingerprint density at radius 3 is 1.35 bits per heavy atom. The molecule has 0 spiro atoms. The van der Waals surface area contributed by atoms with Gasteiger partial charge in [-0.3, -0.25) is 38.0 Å². The fraction of sp³-hybridized carbons (Fsp3) is 0.532. The minimum Gasteiger partial charge on any atom is -0.444 e. The number of piperidine rings is 4. The lowest BCUT2D eigenvalue weighted by Crippen LogP contribution is -2.47. The molecule has 4 fully saturated rings. The van der Waals surface area contributed by atoms with E-state index in [4.69, 9.17) is 34.3 Å². The molecule has 4 saturated heterocycles. The number of halogens is 4. The third-order valence-electron chi connectivity index (χ3n) is 24.5. The number of aliphatic hydroxyl groups is 2. The Morgan fingerprint density at radius 2 is 0.855 bits per heavy atom. The van der Waals surface area contributed by atoms with Crippen molar-refractivity contribution < 1.29 is 53.1 Å². The van der Waals surface area contributed by atoms with Crippen LogP contribution < -0.4 is 5.32 Å². The van der Waals surface area contributed by atoms with Crippen molar-refractivity contribution >= 4 is 168 Å². The van der Waals surface area contributed by atoms with Crippen molar-refractivity contribution in [1.29, 1.82) is 0 Å². The highest BCUT2D eigenvalue weighted by molar-refractivity contribution is 14.1. The number of Topliss-reactive ketones (excluding diaryl/α,β-unsaturated/α-hetero) is 1. The molecule has 145 heavy (non-hydrogen) atoms. The fourth-order valence-electron chi connectivity index (χ4n) is 17.9. The smallest absolute Gasteiger partial charge is 0.410 e. The summed E-state index contributed by atoms with van der Waals surface area (Å²) >= 11 is 11.3. The van der Waals surface area contributed by atoms with E-state index in [2.05, 4.69) is 213 Å². The number of benzene rings is 6. The highest BCUT2D eigenvalue weighted by Gasteiger charge is 2.41. The number of nitrogens with one attached hydrogen (secondary N) is 2. The van der Waals surface area contributed by atoms with Crippen molar-refractivity contribution in [3.63, 3.8) is 0 Å². The van der Waals surface area contributed by atoms with Crippen LogP contribution in [0.2, 0.25) is 0 Å². The van der Waals surface area contributed by atoms with E-state index < -0.39 is 28.0 Å². The first-order chi connectivity index (χ1) is 68.4. The zero-order chi connectivity index (χ0) is 104. The number of alkyl halides is 1. The Labute approximate surface area is 896 Å². The van der Waals surface area contributed by atoms with Crippen molar-refractivity contribution in [2.45, 2.75) is 309 Å². The quantitative estimate of drug-likeness (QED) is 0.0561. The molecule has 12 heterocycles. The van der Waals surface area contributed by atoms with Gasteiger partial charge >= 0.3 is 24.4 Å². The first kappa shape index (κ1) is 122. The average Bonchev–Trinajstić information content (AvgIpc) is 1.61. The number of H-pyrrole nitrogens is 1. The van der Waals surface area contributed by atoms with Gasteiger partial charge in [-0.05, 0) is 276 Å². The van der Waals surface area contributed by atoms with E-state index in [1.165, 1.54) is 92.0 Å². The highest BCUT2D eigenvalue weighted by Crippen LogP contribution is 2.40. The molecule has 34 heteroatoms. The van der Waals surface area contributed by atoms with Gasteiger partial charge in [0.15, 0.2) is 0 Å². The maximum absolute atomic E-state index is 12.3. The molecule has 19 rings (SSSR count). The Morgan fingerprint density at radius 1 is 0.448 bits per heavy atom. The van der Waals surface area contributed by atoms with Gasteiger partial charge in [-0.25, -0.2) is 19.2 Å². The Bertz CT molecular complexity index is 6130. The number of ether oxygens (including phenoxy) is 4. The molecular weight excluding hydrogens is 2140 g/mol. The molecule has 5 aliphatic heterocycles. The van der Waals surface area contributed by atoms with Crippen LogP contribution in [-0.4, -0.2) is 228 Å². The van der Waals surface area contributed by atoms with Crippen LogP contribution in [0.5, 0.6) is 0 Å². The second-order valence-electron chi connectivity index (χ2n) is 39.5. The molecule has 7 aromatic heterocycles. The number of aliphatic hydroxyl groups excluding tert-OH is 1. The number of aromatic nitrogens is 14. The molecule has 1 aliphatic carbocycles. The molecule has 6 aromatic carbocycles. The number of carbonyl (C=O) groups is 5. The zero-order valence-corrected chi connectivity index (χ0v) is 94.6. The van der Waals surface area contributed by atoms with Gasteiger partial charge in [-0.15, -0.1) is 0 Å². The average molecular weight is 2300 g/mol. The van der Waals surface area contributed by atoms with Gasteiger partial charge in [0.25, 0.3) is 0 Å². The number of para-hydroxylation sites is 1. The van der Waals surface area contributed by atoms with Crippen LogP contribution in [0.15, 0.2) is 169 Å². The number of aromatic amines is 1. The van der Waals surface area contributed by atoms with Gasteiger partial charge in [-0.1, -0.05) is 160 Å². The third kappa shape index (κ3) is 35.3. The number of nitrogens with zero attached hydrogens (tertiary/aromatic N) is 17. The largest absolute Gasteiger partial charge is 0.444 e. The first-order valence-corrected chi connectivity index (χ1v) is 56.5. The summed E-state index contributed by atoms with van der Waals surface area (Å²) in [6, 6.07) is 48.9. The second-order valence-corrected chi connectivity index (χ2v) is 41.8. The van der Waals surface area contributed by atoms with Crippen molar-refractivity contribution in [2.75, 3.05) is 77.0 Å². The topological polar surface area (TPSA) is 323 Å². The molecule has 0 atom stereocenters. The van der Waals surface area contributed by atoms with Crippen LogP contribution in [0.3, 0.4) is 0 Å². The number of amides is 4. The molecule has 0 radical (unpaired) electrons. The maximum Gasteiger partial charge on any atom is 0.410 e. The summed E-state index contributed by atoms with van der Waals surface area (Å²) in [5.74, 6) is 1.42. The lowest BCUT2D eigenvalue weighted by molar-refractivity contribution is -0.121. The van der Waals surface area contributed by atoms with E-state index in [0.717, 1.165) is 146 Å². The molecule has 6 aliphatic rings. The number of hydrogen-bond donors (Lipinski definition) is 4. The summed E-state index contributed by atoms with van der Waals surface area (Å²) in [7, 11) is 1.00. The molecule has 0 unspecified atom stereocenters. The van der Waals surface area contributed by atoms with Crippen LogP contribution in [0.25, 0.3) is 71.0 Å². The lowest BCUT2D eigenvalue weighted by atomic mass is 9.86. The normalized spacial score (nSPS) is 15.2. The number of aryl methyl sites for hydroxylation is 7. The van der Waals surface area contributed by atoms with Crippen LogP contribution in [0.4, 0.5) is 19.2 Å². The van der Waals surface area contributed by atoms with Crippen LogP contribution in [0.1, 0.15) is 263 Å². The zero-order valence-electron chi connectivity index (χ0n) is 87.6. The predicted octanol–water partition coefficient (Wildman–Crippen LogP) is 25.8. The Kier molecular flexibility index (Phi) is 49.2. The van der Waals surface area contributed by atoms with Crippen molar-refractivity contribution in [2.24, 2.45) is 0 Å². The van der Waals surface area contributed by atoms with Crippen molar-refractivity contribution in [3.05, 3.63) is 203 Å². The van der Waals surface area contributed by atoms with Crippen LogP contribution in [-0.2, 0) is 81.5 Å². The van der Waals surface area contributed by atoms with Gasteiger partial charge < -0.3 is 54.1 Å². The van der Waals surface area contributed by atoms with Gasteiger partial charge in [0, 0.05) is 202 Å². The molecule has 4 amide bonds. The monoisotopic (exact) mass is 2300 g/mol. The molecular formula is C111H161Br3IN19O11. The molecule has 4 N–H and O–H groups in total. The predicted molar refractivity (Wildman–Crippen MR) is 607 cm³/mol. The van der Waals surface area contributed by atoms with Gasteiger partial charge in [-0.2, -0.15) is 35.7 Å².